The molecule has 0 saturated heterocycles. The summed E-state index contributed by atoms with van der Waals surface area (Å²) in [7, 11) is 0. The van der Waals surface area contributed by atoms with E-state index >= 15 is 0 Å². The molecule has 2 heterocycles. The fourth-order valence-electron chi connectivity index (χ4n) is 2.55. The molecule has 1 aromatic carbocycles. The monoisotopic (exact) mass is 332 g/mol. The Labute approximate surface area is 142 Å². The number of aromatic nitrogens is 1. The summed E-state index contributed by atoms with van der Waals surface area (Å²) in [5.74, 6) is -0.0335. The summed E-state index contributed by atoms with van der Waals surface area (Å²) in [6.07, 6.45) is 0. The highest BCUT2D eigenvalue weighted by molar-refractivity contribution is 7.15. The zero-order chi connectivity index (χ0) is 17.3. The molecule has 3 rings (SSSR count). The van der Waals surface area contributed by atoms with Gasteiger partial charge < -0.3 is 10.7 Å². The van der Waals surface area contributed by atoms with Crippen molar-refractivity contribution in [1.82, 2.24) is 4.98 Å². The van der Waals surface area contributed by atoms with E-state index in [4.69, 9.17) is 5.73 Å². The molecule has 0 spiro atoms. The minimum Gasteiger partial charge on any atom is -0.384 e. The van der Waals surface area contributed by atoms with E-state index in [0.717, 1.165) is 10.4 Å². The number of anilines is 1. The highest BCUT2D eigenvalue weighted by Gasteiger charge is 2.18. The van der Waals surface area contributed by atoms with Gasteiger partial charge in [0.1, 0.15) is 29.1 Å². The van der Waals surface area contributed by atoms with E-state index in [1.165, 1.54) is 4.88 Å². The number of aromatic amines is 1. The van der Waals surface area contributed by atoms with Crippen molar-refractivity contribution in [2.24, 2.45) is 0 Å². The third-order valence-corrected chi connectivity index (χ3v) is 4.69. The lowest BCUT2D eigenvalue weighted by atomic mass is 9.95. The standard InChI is InChI=1S/C18H12N4OS/c1-10-5-6-15(24-10)11-3-2-4-12(7-11)16-13(8-19)17(21)22-18(23)14(16)9-20/h2-7H,1H3,(H3,21,22,23). The molecule has 0 fully saturated rings. The van der Waals surface area contributed by atoms with E-state index in [2.05, 4.69) is 4.98 Å². The number of nitrogen functional groups attached to an aromatic ring is 1. The number of H-pyrrole nitrogens is 1. The second-order valence-electron chi connectivity index (χ2n) is 5.21. The molecule has 0 atom stereocenters. The predicted molar refractivity (Wildman–Crippen MR) is 94.4 cm³/mol. The van der Waals surface area contributed by atoms with Crippen LogP contribution in [-0.4, -0.2) is 4.98 Å². The summed E-state index contributed by atoms with van der Waals surface area (Å²) in [6, 6.07) is 15.3. The van der Waals surface area contributed by atoms with Crippen LogP contribution < -0.4 is 11.3 Å². The van der Waals surface area contributed by atoms with E-state index in [-0.39, 0.29) is 22.5 Å². The maximum absolute atomic E-state index is 12.0. The van der Waals surface area contributed by atoms with Gasteiger partial charge in [-0.15, -0.1) is 11.3 Å². The normalized spacial score (nSPS) is 10.1. The quantitative estimate of drug-likeness (QED) is 0.750. The van der Waals surface area contributed by atoms with Crippen molar-refractivity contribution in [1.29, 1.82) is 10.5 Å². The molecule has 0 amide bonds. The summed E-state index contributed by atoms with van der Waals surface area (Å²) >= 11 is 1.65. The zero-order valence-electron chi connectivity index (χ0n) is 12.8. The Morgan fingerprint density at radius 3 is 2.42 bits per heavy atom. The Hall–Kier alpha value is -3.35. The SMILES string of the molecule is Cc1ccc(-c2cccc(-c3c(C#N)c(N)[nH]c(=O)c3C#N)c2)s1. The molecule has 0 saturated carbocycles. The van der Waals surface area contributed by atoms with Gasteiger partial charge in [0.25, 0.3) is 5.56 Å². The van der Waals surface area contributed by atoms with Crippen molar-refractivity contribution >= 4 is 17.2 Å². The highest BCUT2D eigenvalue weighted by Crippen LogP contribution is 2.33. The topological polar surface area (TPSA) is 106 Å². The molecule has 24 heavy (non-hydrogen) atoms. The molecule has 0 radical (unpaired) electrons. The van der Waals surface area contributed by atoms with Gasteiger partial charge in [0.15, 0.2) is 0 Å². The average molecular weight is 332 g/mol. The Balaban J connectivity index is 2.30. The number of pyridine rings is 1. The second-order valence-corrected chi connectivity index (χ2v) is 6.50. The number of aryl methyl sites for hydroxylation is 1. The van der Waals surface area contributed by atoms with E-state index in [1.54, 1.807) is 17.4 Å². The molecule has 6 heteroatoms. The van der Waals surface area contributed by atoms with E-state index in [0.29, 0.717) is 5.56 Å². The van der Waals surface area contributed by atoms with Crippen LogP contribution in [0.5, 0.6) is 0 Å². The van der Waals surface area contributed by atoms with Gasteiger partial charge in [-0.2, -0.15) is 10.5 Å². The summed E-state index contributed by atoms with van der Waals surface area (Å²) in [5.41, 5.74) is 7.00. The van der Waals surface area contributed by atoms with Crippen molar-refractivity contribution in [3.63, 3.8) is 0 Å². The molecule has 0 aliphatic heterocycles. The minimum absolute atomic E-state index is 0.0335. The molecule has 0 aliphatic rings. The van der Waals surface area contributed by atoms with Gasteiger partial charge >= 0.3 is 0 Å². The summed E-state index contributed by atoms with van der Waals surface area (Å²) in [6.45, 7) is 2.02. The third kappa shape index (κ3) is 2.56. The van der Waals surface area contributed by atoms with Crippen molar-refractivity contribution < 1.29 is 0 Å². The average Bonchev–Trinajstić information content (AvgIpc) is 3.01. The maximum atomic E-state index is 12.0. The second kappa shape index (κ2) is 6.04. The smallest absolute Gasteiger partial charge is 0.268 e. The lowest BCUT2D eigenvalue weighted by Crippen LogP contribution is -2.16. The number of rotatable bonds is 2. The fraction of sp³-hybridized carbons (Fsp3) is 0.0556. The molecule has 2 aromatic heterocycles. The third-order valence-electron chi connectivity index (χ3n) is 3.64. The van der Waals surface area contributed by atoms with Gasteiger partial charge in [-0.3, -0.25) is 4.79 Å². The Bertz CT molecular complexity index is 1080. The summed E-state index contributed by atoms with van der Waals surface area (Å²) in [5, 5.41) is 18.7. The molecule has 3 aromatic rings. The predicted octanol–water partition coefficient (Wildman–Crippen LogP) is 3.40. The number of nitrogens with zero attached hydrogens (tertiary/aromatic N) is 2. The van der Waals surface area contributed by atoms with Crippen LogP contribution in [-0.2, 0) is 0 Å². The number of nitrogens with one attached hydrogen (secondary N) is 1. The first-order valence-electron chi connectivity index (χ1n) is 7.08. The van der Waals surface area contributed by atoms with Gasteiger partial charge in [-0.05, 0) is 36.2 Å². The van der Waals surface area contributed by atoms with E-state index < -0.39 is 5.56 Å². The zero-order valence-corrected chi connectivity index (χ0v) is 13.6. The Morgan fingerprint density at radius 1 is 1.08 bits per heavy atom. The van der Waals surface area contributed by atoms with Crippen LogP contribution in [0, 0.1) is 29.6 Å². The molecule has 3 N–H and O–H groups in total. The first-order chi connectivity index (χ1) is 11.5. The molecule has 0 bridgehead atoms. The Morgan fingerprint density at radius 2 is 1.79 bits per heavy atom. The van der Waals surface area contributed by atoms with Crippen LogP contribution in [0.4, 0.5) is 5.82 Å². The molecular formula is C18H12N4OS. The number of benzene rings is 1. The maximum Gasteiger partial charge on any atom is 0.268 e. The van der Waals surface area contributed by atoms with Crippen molar-refractivity contribution in [2.75, 3.05) is 5.73 Å². The first kappa shape index (κ1) is 15.5. The number of hydrogen-bond acceptors (Lipinski definition) is 5. The van der Waals surface area contributed by atoms with Crippen LogP contribution in [0.3, 0.4) is 0 Å². The van der Waals surface area contributed by atoms with Crippen LogP contribution in [0.25, 0.3) is 21.6 Å². The largest absolute Gasteiger partial charge is 0.384 e. The van der Waals surface area contributed by atoms with Crippen LogP contribution in [0.2, 0.25) is 0 Å². The van der Waals surface area contributed by atoms with Gasteiger partial charge in [-0.1, -0.05) is 18.2 Å². The van der Waals surface area contributed by atoms with Crippen molar-refractivity contribution in [2.45, 2.75) is 6.92 Å². The fourth-order valence-corrected chi connectivity index (χ4v) is 3.41. The van der Waals surface area contributed by atoms with Gasteiger partial charge in [0.2, 0.25) is 0 Å². The molecule has 0 unspecified atom stereocenters. The van der Waals surface area contributed by atoms with Crippen LogP contribution in [0.1, 0.15) is 16.0 Å². The minimum atomic E-state index is -0.596. The van der Waals surface area contributed by atoms with E-state index in [9.17, 15) is 15.3 Å². The summed E-state index contributed by atoms with van der Waals surface area (Å²) in [4.78, 5) is 16.6. The number of nitriles is 2. The van der Waals surface area contributed by atoms with Gasteiger partial charge in [0, 0.05) is 15.3 Å². The number of nitrogens with two attached hydrogens (primary N) is 1. The Kier molecular flexibility index (Phi) is 3.91. The van der Waals surface area contributed by atoms with Crippen molar-refractivity contribution in [3.8, 4) is 33.7 Å². The molecule has 5 nitrogen and oxygen atoms in total. The first-order valence-corrected chi connectivity index (χ1v) is 7.90. The van der Waals surface area contributed by atoms with Gasteiger partial charge in [-0.25, -0.2) is 0 Å². The highest BCUT2D eigenvalue weighted by atomic mass is 32.1. The molecular weight excluding hydrogens is 320 g/mol. The number of thiophene rings is 1. The molecule has 116 valence electrons. The van der Waals surface area contributed by atoms with Gasteiger partial charge in [0.05, 0.1) is 0 Å². The molecule has 0 aliphatic carbocycles. The number of hydrogen-bond donors (Lipinski definition) is 2. The lowest BCUT2D eigenvalue weighted by Gasteiger charge is -2.10. The van der Waals surface area contributed by atoms with Crippen LogP contribution >= 0.6 is 11.3 Å². The van der Waals surface area contributed by atoms with Crippen molar-refractivity contribution in [3.05, 3.63) is 62.8 Å². The van der Waals surface area contributed by atoms with E-state index in [1.807, 2.05) is 49.4 Å². The summed E-state index contributed by atoms with van der Waals surface area (Å²) < 4.78 is 0. The lowest BCUT2D eigenvalue weighted by molar-refractivity contribution is 1.21. The van der Waals surface area contributed by atoms with Crippen LogP contribution in [0.15, 0.2) is 41.2 Å².